The summed E-state index contributed by atoms with van der Waals surface area (Å²) in [6.45, 7) is 9.47. The molecule has 0 fully saturated rings. The van der Waals surface area contributed by atoms with E-state index in [0.717, 1.165) is 35.6 Å². The quantitative estimate of drug-likeness (QED) is 0.770. The molecule has 0 bridgehead atoms. The summed E-state index contributed by atoms with van der Waals surface area (Å²) < 4.78 is 0.947. The maximum absolute atomic E-state index is 6.04. The molecule has 0 aliphatic heterocycles. The third kappa shape index (κ3) is 6.74. The Bertz CT molecular complexity index is 375. The van der Waals surface area contributed by atoms with E-state index in [1.165, 1.54) is 5.56 Å². The van der Waals surface area contributed by atoms with Gasteiger partial charge in [0, 0.05) is 16.6 Å². The number of rotatable bonds is 6. The van der Waals surface area contributed by atoms with Crippen molar-refractivity contribution in [3.63, 3.8) is 0 Å². The van der Waals surface area contributed by atoms with Crippen molar-refractivity contribution in [2.24, 2.45) is 0 Å². The maximum atomic E-state index is 6.04. The van der Waals surface area contributed by atoms with Crippen LogP contribution in [-0.4, -0.2) is 18.6 Å². The Labute approximate surface area is 124 Å². The first-order valence-electron chi connectivity index (χ1n) is 6.28. The lowest BCUT2D eigenvalue weighted by molar-refractivity contribution is 0.418. The molecule has 4 heteroatoms. The van der Waals surface area contributed by atoms with Gasteiger partial charge >= 0.3 is 0 Å². The zero-order chi connectivity index (χ0) is 13.6. The molecule has 0 saturated heterocycles. The molecule has 0 aromatic heterocycles. The molecule has 0 heterocycles. The van der Waals surface area contributed by atoms with Crippen LogP contribution < -0.4 is 10.6 Å². The Hall–Kier alpha value is -0.0900. The number of hydrogen-bond acceptors (Lipinski definition) is 2. The molecular weight excluding hydrogens is 312 g/mol. The van der Waals surface area contributed by atoms with E-state index in [1.54, 1.807) is 0 Å². The first-order chi connectivity index (χ1) is 8.38. The molecule has 1 aromatic rings. The van der Waals surface area contributed by atoms with Gasteiger partial charge in [-0.15, -0.1) is 0 Å². The smallest absolute Gasteiger partial charge is 0.0551 e. The fourth-order valence-corrected chi connectivity index (χ4v) is 2.01. The highest BCUT2D eigenvalue weighted by Gasteiger charge is 2.06. The highest BCUT2D eigenvalue weighted by Crippen LogP contribution is 2.22. The average Bonchev–Trinajstić information content (AvgIpc) is 2.26. The van der Waals surface area contributed by atoms with Crippen LogP contribution >= 0.6 is 27.5 Å². The maximum Gasteiger partial charge on any atom is 0.0551 e. The summed E-state index contributed by atoms with van der Waals surface area (Å²) in [4.78, 5) is 0. The van der Waals surface area contributed by atoms with Gasteiger partial charge in [0.2, 0.25) is 0 Å². The van der Waals surface area contributed by atoms with Gasteiger partial charge in [0.05, 0.1) is 5.02 Å². The van der Waals surface area contributed by atoms with Crippen LogP contribution in [-0.2, 0) is 6.54 Å². The van der Waals surface area contributed by atoms with Crippen molar-refractivity contribution in [2.75, 3.05) is 13.1 Å². The third-order valence-corrected chi connectivity index (χ3v) is 3.73. The van der Waals surface area contributed by atoms with E-state index < -0.39 is 0 Å². The standard InChI is InChI=1S/C14H22BrClN2/c1-14(2,3)18-8-4-7-17-10-11-5-6-12(15)13(16)9-11/h5-6,9,17-18H,4,7-8,10H2,1-3H3. The van der Waals surface area contributed by atoms with Crippen LogP contribution in [0, 0.1) is 0 Å². The van der Waals surface area contributed by atoms with Gasteiger partial charge in [-0.2, -0.15) is 0 Å². The molecule has 2 nitrogen and oxygen atoms in total. The van der Waals surface area contributed by atoms with Crippen molar-refractivity contribution in [1.29, 1.82) is 0 Å². The predicted molar refractivity (Wildman–Crippen MR) is 83.2 cm³/mol. The first kappa shape index (κ1) is 16.0. The number of nitrogens with one attached hydrogen (secondary N) is 2. The zero-order valence-corrected chi connectivity index (χ0v) is 13.7. The van der Waals surface area contributed by atoms with Gasteiger partial charge in [0.25, 0.3) is 0 Å². The Kier molecular flexibility index (Phi) is 6.64. The molecule has 0 spiro atoms. The predicted octanol–water partition coefficient (Wildman–Crippen LogP) is 3.97. The molecule has 18 heavy (non-hydrogen) atoms. The lowest BCUT2D eigenvalue weighted by atomic mass is 10.1. The molecule has 0 aliphatic carbocycles. The topological polar surface area (TPSA) is 24.1 Å². The lowest BCUT2D eigenvalue weighted by Crippen LogP contribution is -2.37. The Balaban J connectivity index is 2.16. The van der Waals surface area contributed by atoms with E-state index in [0.29, 0.717) is 0 Å². The summed E-state index contributed by atoms with van der Waals surface area (Å²) >= 11 is 9.43. The highest BCUT2D eigenvalue weighted by atomic mass is 79.9. The lowest BCUT2D eigenvalue weighted by Gasteiger charge is -2.20. The van der Waals surface area contributed by atoms with Crippen molar-refractivity contribution in [3.05, 3.63) is 33.3 Å². The van der Waals surface area contributed by atoms with E-state index >= 15 is 0 Å². The van der Waals surface area contributed by atoms with Crippen LogP contribution in [0.25, 0.3) is 0 Å². The largest absolute Gasteiger partial charge is 0.313 e. The van der Waals surface area contributed by atoms with Gasteiger partial charge in [-0.25, -0.2) is 0 Å². The van der Waals surface area contributed by atoms with E-state index in [-0.39, 0.29) is 5.54 Å². The van der Waals surface area contributed by atoms with Crippen LogP contribution in [0.4, 0.5) is 0 Å². The number of hydrogen-bond donors (Lipinski definition) is 2. The van der Waals surface area contributed by atoms with E-state index in [2.05, 4.69) is 53.4 Å². The second-order valence-electron chi connectivity index (χ2n) is 5.46. The van der Waals surface area contributed by atoms with E-state index in [4.69, 9.17) is 11.6 Å². The zero-order valence-electron chi connectivity index (χ0n) is 11.3. The van der Waals surface area contributed by atoms with Crippen molar-refractivity contribution < 1.29 is 0 Å². The SMILES string of the molecule is CC(C)(C)NCCCNCc1ccc(Br)c(Cl)c1. The van der Waals surface area contributed by atoms with Gasteiger partial charge < -0.3 is 10.6 Å². The first-order valence-corrected chi connectivity index (χ1v) is 7.45. The molecule has 2 N–H and O–H groups in total. The van der Waals surface area contributed by atoms with Gasteiger partial charge in [-0.1, -0.05) is 17.7 Å². The molecular formula is C14H22BrClN2. The monoisotopic (exact) mass is 332 g/mol. The minimum Gasteiger partial charge on any atom is -0.313 e. The number of benzene rings is 1. The molecule has 0 aliphatic rings. The van der Waals surface area contributed by atoms with Crippen LogP contribution in [0.1, 0.15) is 32.8 Å². The van der Waals surface area contributed by atoms with E-state index in [9.17, 15) is 0 Å². The minimum atomic E-state index is 0.208. The van der Waals surface area contributed by atoms with Crippen LogP contribution in [0.3, 0.4) is 0 Å². The second kappa shape index (κ2) is 7.49. The van der Waals surface area contributed by atoms with Crippen molar-refractivity contribution in [2.45, 2.75) is 39.3 Å². The molecule has 1 rings (SSSR count). The van der Waals surface area contributed by atoms with Crippen molar-refractivity contribution >= 4 is 27.5 Å². The van der Waals surface area contributed by atoms with Crippen LogP contribution in [0.2, 0.25) is 5.02 Å². The summed E-state index contributed by atoms with van der Waals surface area (Å²) in [6, 6.07) is 6.06. The molecule has 0 amide bonds. The Morgan fingerprint density at radius 2 is 1.94 bits per heavy atom. The fraction of sp³-hybridized carbons (Fsp3) is 0.571. The number of halogens is 2. The second-order valence-corrected chi connectivity index (χ2v) is 6.72. The van der Waals surface area contributed by atoms with Crippen LogP contribution in [0.15, 0.2) is 22.7 Å². The minimum absolute atomic E-state index is 0.208. The van der Waals surface area contributed by atoms with Gasteiger partial charge in [-0.3, -0.25) is 0 Å². The van der Waals surface area contributed by atoms with E-state index in [1.807, 2.05) is 12.1 Å². The Morgan fingerprint density at radius 3 is 2.56 bits per heavy atom. The molecule has 0 saturated carbocycles. The summed E-state index contributed by atoms with van der Waals surface area (Å²) in [5.41, 5.74) is 1.42. The van der Waals surface area contributed by atoms with Gasteiger partial charge in [0.15, 0.2) is 0 Å². The van der Waals surface area contributed by atoms with Crippen molar-refractivity contribution in [1.82, 2.24) is 10.6 Å². The summed E-state index contributed by atoms with van der Waals surface area (Å²) in [7, 11) is 0. The van der Waals surface area contributed by atoms with Crippen molar-refractivity contribution in [3.8, 4) is 0 Å². The summed E-state index contributed by atoms with van der Waals surface area (Å²) in [6.07, 6.45) is 1.13. The highest BCUT2D eigenvalue weighted by molar-refractivity contribution is 9.10. The average molecular weight is 334 g/mol. The molecule has 0 unspecified atom stereocenters. The molecule has 1 aromatic carbocycles. The summed E-state index contributed by atoms with van der Waals surface area (Å²) in [5, 5.41) is 7.66. The molecule has 0 atom stereocenters. The van der Waals surface area contributed by atoms with Gasteiger partial charge in [0.1, 0.15) is 0 Å². The van der Waals surface area contributed by atoms with Gasteiger partial charge in [-0.05, 0) is 73.9 Å². The third-order valence-electron chi connectivity index (χ3n) is 2.50. The fourth-order valence-electron chi connectivity index (χ4n) is 1.56. The Morgan fingerprint density at radius 1 is 1.22 bits per heavy atom. The van der Waals surface area contributed by atoms with Crippen LogP contribution in [0.5, 0.6) is 0 Å². The normalized spacial score (nSPS) is 11.8. The summed E-state index contributed by atoms with van der Waals surface area (Å²) in [5.74, 6) is 0. The molecule has 102 valence electrons. The molecule has 0 radical (unpaired) electrons.